The van der Waals surface area contributed by atoms with Crippen LogP contribution in [0, 0.1) is 0 Å². The average molecular weight is 306 g/mol. The SMILES string of the molecule is COC(=O)C1=C(C)NC(=S)NC1c1ccc(C(=O)O)cc1. The predicted molar refractivity (Wildman–Crippen MR) is 79.7 cm³/mol. The number of carbonyl (C=O) groups is 2. The number of rotatable bonds is 3. The number of hydrogen-bond acceptors (Lipinski definition) is 4. The molecule has 2 rings (SSSR count). The molecular formula is C14H14N2O4S. The van der Waals surface area contributed by atoms with Crippen LogP contribution in [-0.2, 0) is 9.53 Å². The minimum Gasteiger partial charge on any atom is -0.478 e. The van der Waals surface area contributed by atoms with Crippen LogP contribution in [0.2, 0.25) is 0 Å². The molecule has 1 aromatic rings. The van der Waals surface area contributed by atoms with Gasteiger partial charge in [-0.2, -0.15) is 0 Å². The molecule has 0 saturated heterocycles. The standard InChI is InChI=1S/C14H14N2O4S/c1-7-10(13(19)20-2)11(16-14(21)15-7)8-3-5-9(6-4-8)12(17)18/h3-6,11H,1-2H3,(H,17,18)(H2,15,16,21). The number of esters is 1. The van der Waals surface area contributed by atoms with Crippen molar-refractivity contribution in [1.29, 1.82) is 0 Å². The summed E-state index contributed by atoms with van der Waals surface area (Å²) in [5.74, 6) is -1.47. The van der Waals surface area contributed by atoms with Crippen LogP contribution >= 0.6 is 12.2 Å². The van der Waals surface area contributed by atoms with Crippen molar-refractivity contribution in [2.24, 2.45) is 0 Å². The third-order valence-corrected chi connectivity index (χ3v) is 3.39. The average Bonchev–Trinajstić information content (AvgIpc) is 2.45. The van der Waals surface area contributed by atoms with Gasteiger partial charge in [0.1, 0.15) is 0 Å². The number of nitrogens with one attached hydrogen (secondary N) is 2. The second-order valence-corrected chi connectivity index (χ2v) is 4.90. The molecule has 0 aliphatic carbocycles. The molecule has 1 heterocycles. The van der Waals surface area contributed by atoms with E-state index < -0.39 is 18.0 Å². The van der Waals surface area contributed by atoms with Crippen molar-refractivity contribution in [2.45, 2.75) is 13.0 Å². The monoisotopic (exact) mass is 306 g/mol. The maximum Gasteiger partial charge on any atom is 0.337 e. The number of carbonyl (C=O) groups excluding carboxylic acids is 1. The zero-order chi connectivity index (χ0) is 15.6. The van der Waals surface area contributed by atoms with E-state index in [0.29, 0.717) is 16.4 Å². The molecule has 1 atom stereocenters. The number of thiocarbonyl (C=S) groups is 1. The van der Waals surface area contributed by atoms with E-state index in [4.69, 9.17) is 22.1 Å². The van der Waals surface area contributed by atoms with Gasteiger partial charge in [-0.25, -0.2) is 9.59 Å². The highest BCUT2D eigenvalue weighted by molar-refractivity contribution is 7.80. The fourth-order valence-electron chi connectivity index (χ4n) is 2.14. The summed E-state index contributed by atoms with van der Waals surface area (Å²) in [5.41, 5.74) is 1.92. The summed E-state index contributed by atoms with van der Waals surface area (Å²) in [6, 6.07) is 5.77. The Balaban J connectivity index is 2.43. The Morgan fingerprint density at radius 3 is 2.43 bits per heavy atom. The molecule has 1 aliphatic rings. The molecule has 0 aromatic heterocycles. The van der Waals surface area contributed by atoms with Crippen molar-refractivity contribution in [3.05, 3.63) is 46.7 Å². The highest BCUT2D eigenvalue weighted by Crippen LogP contribution is 2.27. The van der Waals surface area contributed by atoms with Crippen molar-refractivity contribution >= 4 is 29.3 Å². The van der Waals surface area contributed by atoms with Crippen LogP contribution in [0.25, 0.3) is 0 Å². The highest BCUT2D eigenvalue weighted by Gasteiger charge is 2.30. The second-order valence-electron chi connectivity index (χ2n) is 4.49. The number of benzene rings is 1. The molecule has 0 saturated carbocycles. The van der Waals surface area contributed by atoms with E-state index in [0.717, 1.165) is 5.56 Å². The number of carboxylic acid groups (broad SMARTS) is 1. The number of aromatic carboxylic acids is 1. The van der Waals surface area contributed by atoms with Crippen LogP contribution in [-0.4, -0.2) is 29.3 Å². The van der Waals surface area contributed by atoms with Crippen molar-refractivity contribution in [3.63, 3.8) is 0 Å². The van der Waals surface area contributed by atoms with Gasteiger partial charge in [0, 0.05) is 5.70 Å². The number of hydrogen-bond donors (Lipinski definition) is 3. The molecule has 1 aromatic carbocycles. The lowest BCUT2D eigenvalue weighted by atomic mass is 9.95. The van der Waals surface area contributed by atoms with Crippen molar-refractivity contribution in [1.82, 2.24) is 10.6 Å². The van der Waals surface area contributed by atoms with E-state index in [1.165, 1.54) is 19.2 Å². The van der Waals surface area contributed by atoms with Gasteiger partial charge in [-0.15, -0.1) is 0 Å². The third-order valence-electron chi connectivity index (χ3n) is 3.17. The maximum atomic E-state index is 11.9. The molecule has 6 nitrogen and oxygen atoms in total. The molecular weight excluding hydrogens is 292 g/mol. The Morgan fingerprint density at radius 2 is 1.90 bits per heavy atom. The Hall–Kier alpha value is -2.41. The quantitative estimate of drug-likeness (QED) is 0.574. The van der Waals surface area contributed by atoms with Crippen LogP contribution in [0.15, 0.2) is 35.5 Å². The van der Waals surface area contributed by atoms with E-state index in [1.807, 2.05) is 0 Å². The fraction of sp³-hybridized carbons (Fsp3) is 0.214. The predicted octanol–water partition coefficient (Wildman–Crippen LogP) is 1.35. The zero-order valence-electron chi connectivity index (χ0n) is 11.5. The molecule has 0 spiro atoms. The van der Waals surface area contributed by atoms with E-state index >= 15 is 0 Å². The minimum atomic E-state index is -1.00. The van der Waals surface area contributed by atoms with E-state index in [9.17, 15) is 9.59 Å². The van der Waals surface area contributed by atoms with Crippen molar-refractivity contribution < 1.29 is 19.4 Å². The molecule has 3 N–H and O–H groups in total. The van der Waals surface area contributed by atoms with Gasteiger partial charge >= 0.3 is 11.9 Å². The number of methoxy groups -OCH3 is 1. The van der Waals surface area contributed by atoms with Gasteiger partial charge in [0.15, 0.2) is 5.11 Å². The first-order chi connectivity index (χ1) is 9.93. The number of ether oxygens (including phenoxy) is 1. The van der Waals surface area contributed by atoms with E-state index in [-0.39, 0.29) is 5.56 Å². The van der Waals surface area contributed by atoms with Gasteiger partial charge in [-0.05, 0) is 36.8 Å². The fourth-order valence-corrected chi connectivity index (χ4v) is 2.41. The van der Waals surface area contributed by atoms with Gasteiger partial charge in [0.2, 0.25) is 0 Å². The molecule has 21 heavy (non-hydrogen) atoms. The number of allylic oxidation sites excluding steroid dienone is 1. The zero-order valence-corrected chi connectivity index (χ0v) is 12.3. The lowest BCUT2D eigenvalue weighted by Crippen LogP contribution is -2.45. The van der Waals surface area contributed by atoms with Crippen LogP contribution in [0.4, 0.5) is 0 Å². The van der Waals surface area contributed by atoms with Crippen LogP contribution < -0.4 is 10.6 Å². The van der Waals surface area contributed by atoms with Crippen LogP contribution in [0.5, 0.6) is 0 Å². The first kappa shape index (κ1) is 15.0. The Labute approximate surface area is 126 Å². The van der Waals surface area contributed by atoms with Gasteiger partial charge in [-0.3, -0.25) is 0 Å². The summed E-state index contributed by atoms with van der Waals surface area (Å²) in [4.78, 5) is 22.8. The first-order valence-corrected chi connectivity index (χ1v) is 6.54. The first-order valence-electron chi connectivity index (χ1n) is 6.14. The summed E-state index contributed by atoms with van der Waals surface area (Å²) in [7, 11) is 1.31. The van der Waals surface area contributed by atoms with Gasteiger partial charge in [-0.1, -0.05) is 12.1 Å². The topological polar surface area (TPSA) is 87.7 Å². The highest BCUT2D eigenvalue weighted by atomic mass is 32.1. The van der Waals surface area contributed by atoms with Gasteiger partial charge in [0.25, 0.3) is 0 Å². The molecule has 0 amide bonds. The summed E-state index contributed by atoms with van der Waals surface area (Å²) >= 11 is 5.10. The minimum absolute atomic E-state index is 0.176. The van der Waals surface area contributed by atoms with Crippen molar-refractivity contribution in [2.75, 3.05) is 7.11 Å². The second kappa shape index (κ2) is 5.92. The normalized spacial score (nSPS) is 17.8. The van der Waals surface area contributed by atoms with Crippen molar-refractivity contribution in [3.8, 4) is 0 Å². The smallest absolute Gasteiger partial charge is 0.337 e. The molecule has 110 valence electrons. The summed E-state index contributed by atoms with van der Waals surface area (Å²) in [6.45, 7) is 1.73. The summed E-state index contributed by atoms with van der Waals surface area (Å²) < 4.78 is 4.79. The third kappa shape index (κ3) is 3.03. The summed E-state index contributed by atoms with van der Waals surface area (Å²) in [6.07, 6.45) is 0. The lowest BCUT2D eigenvalue weighted by molar-refractivity contribution is -0.136. The lowest BCUT2D eigenvalue weighted by Gasteiger charge is -2.29. The molecule has 7 heteroatoms. The van der Waals surface area contributed by atoms with E-state index in [2.05, 4.69) is 10.6 Å². The van der Waals surface area contributed by atoms with Crippen LogP contribution in [0.1, 0.15) is 28.9 Å². The molecule has 0 fully saturated rings. The Morgan fingerprint density at radius 1 is 1.29 bits per heavy atom. The molecule has 0 bridgehead atoms. The largest absolute Gasteiger partial charge is 0.478 e. The molecule has 1 aliphatic heterocycles. The number of carboxylic acids is 1. The Kier molecular flexibility index (Phi) is 4.23. The van der Waals surface area contributed by atoms with Gasteiger partial charge in [0.05, 0.1) is 24.3 Å². The van der Waals surface area contributed by atoms with Crippen LogP contribution in [0.3, 0.4) is 0 Å². The molecule has 0 radical (unpaired) electrons. The summed E-state index contributed by atoms with van der Waals surface area (Å²) in [5, 5.41) is 15.2. The molecule has 1 unspecified atom stereocenters. The van der Waals surface area contributed by atoms with Gasteiger partial charge < -0.3 is 20.5 Å². The maximum absolute atomic E-state index is 11.9. The van der Waals surface area contributed by atoms with E-state index in [1.54, 1.807) is 19.1 Å². The Bertz CT molecular complexity index is 637.